The Morgan fingerprint density at radius 3 is 1.85 bits per heavy atom. The summed E-state index contributed by atoms with van der Waals surface area (Å²) in [5, 5.41) is 19.0. The van der Waals surface area contributed by atoms with Crippen molar-refractivity contribution in [1.82, 2.24) is 0 Å². The lowest BCUT2D eigenvalue weighted by molar-refractivity contribution is -0.0343. The summed E-state index contributed by atoms with van der Waals surface area (Å²) >= 11 is 0. The maximum Gasteiger partial charge on any atom is 0.0514 e. The third kappa shape index (κ3) is 1.15. The normalized spacial score (nSPS) is 30.0. The molecule has 76 valence electrons. The van der Waals surface area contributed by atoms with Crippen LogP contribution in [-0.4, -0.2) is 23.4 Å². The van der Waals surface area contributed by atoms with Crippen LogP contribution < -0.4 is 0 Å². The average molecular weight is 184 g/mol. The van der Waals surface area contributed by atoms with Crippen molar-refractivity contribution >= 4 is 0 Å². The largest absolute Gasteiger partial charge is 0.396 e. The van der Waals surface area contributed by atoms with E-state index in [1.165, 1.54) is 38.5 Å². The Balaban J connectivity index is 2.25. The van der Waals surface area contributed by atoms with Gasteiger partial charge in [-0.1, -0.05) is 19.3 Å². The van der Waals surface area contributed by atoms with Gasteiger partial charge < -0.3 is 10.2 Å². The number of hydrogen-bond acceptors (Lipinski definition) is 2. The molecule has 13 heavy (non-hydrogen) atoms. The van der Waals surface area contributed by atoms with Crippen molar-refractivity contribution in [2.45, 2.75) is 44.9 Å². The van der Waals surface area contributed by atoms with Crippen LogP contribution in [0.2, 0.25) is 0 Å². The van der Waals surface area contributed by atoms with E-state index >= 15 is 0 Å². The van der Waals surface area contributed by atoms with E-state index in [9.17, 15) is 10.2 Å². The minimum Gasteiger partial charge on any atom is -0.396 e. The van der Waals surface area contributed by atoms with Gasteiger partial charge in [0.2, 0.25) is 0 Å². The van der Waals surface area contributed by atoms with E-state index in [4.69, 9.17) is 0 Å². The Bertz CT molecular complexity index is 168. The number of rotatable bonds is 2. The highest BCUT2D eigenvalue weighted by molar-refractivity contribution is 5.04. The Hall–Kier alpha value is -0.0800. The molecule has 0 radical (unpaired) electrons. The fraction of sp³-hybridized carbons (Fsp3) is 1.00. The van der Waals surface area contributed by atoms with Crippen LogP contribution in [0.1, 0.15) is 44.9 Å². The summed E-state index contributed by atoms with van der Waals surface area (Å²) < 4.78 is 0. The van der Waals surface area contributed by atoms with Gasteiger partial charge >= 0.3 is 0 Å². The summed E-state index contributed by atoms with van der Waals surface area (Å²) in [6.45, 7) is 0.368. The predicted octanol–water partition coefficient (Wildman–Crippen LogP) is 1.70. The molecule has 2 aliphatic rings. The van der Waals surface area contributed by atoms with Crippen molar-refractivity contribution in [3.05, 3.63) is 0 Å². The maximum absolute atomic E-state index is 9.48. The van der Waals surface area contributed by atoms with Crippen molar-refractivity contribution in [3.8, 4) is 0 Å². The molecule has 2 aliphatic carbocycles. The summed E-state index contributed by atoms with van der Waals surface area (Å²) in [6.07, 6.45) is 8.50. The molecular weight excluding hydrogens is 164 g/mol. The standard InChI is InChI=1S/C11H20O2/c12-8-11(9-13)7-3-6-10(11)4-1-2-5-10/h12-13H,1-9H2. The van der Waals surface area contributed by atoms with Crippen molar-refractivity contribution in [2.24, 2.45) is 10.8 Å². The van der Waals surface area contributed by atoms with Crippen LogP contribution in [0.3, 0.4) is 0 Å². The first-order valence-electron chi connectivity index (χ1n) is 5.50. The molecule has 0 aromatic heterocycles. The minimum atomic E-state index is -0.135. The second-order valence-electron chi connectivity index (χ2n) is 4.94. The topological polar surface area (TPSA) is 40.5 Å². The van der Waals surface area contributed by atoms with E-state index in [-0.39, 0.29) is 18.6 Å². The van der Waals surface area contributed by atoms with E-state index in [0.29, 0.717) is 5.41 Å². The first-order chi connectivity index (χ1) is 6.29. The Kier molecular flexibility index (Phi) is 2.37. The van der Waals surface area contributed by atoms with Gasteiger partial charge in [0.15, 0.2) is 0 Å². The van der Waals surface area contributed by atoms with Gasteiger partial charge in [0.1, 0.15) is 0 Å². The van der Waals surface area contributed by atoms with Crippen LogP contribution >= 0.6 is 0 Å². The summed E-state index contributed by atoms with van der Waals surface area (Å²) in [7, 11) is 0. The zero-order chi connectivity index (χ0) is 9.36. The third-order valence-corrected chi connectivity index (χ3v) is 4.60. The molecule has 2 rings (SSSR count). The highest BCUT2D eigenvalue weighted by Gasteiger charge is 2.54. The zero-order valence-corrected chi connectivity index (χ0v) is 8.26. The highest BCUT2D eigenvalue weighted by atomic mass is 16.3. The molecule has 0 atom stereocenters. The molecule has 0 aliphatic heterocycles. The van der Waals surface area contributed by atoms with Gasteiger partial charge in [0.05, 0.1) is 13.2 Å². The van der Waals surface area contributed by atoms with Gasteiger partial charge in [-0.15, -0.1) is 0 Å². The second kappa shape index (κ2) is 3.25. The average Bonchev–Trinajstić information content (AvgIpc) is 2.76. The van der Waals surface area contributed by atoms with E-state index in [0.717, 1.165) is 6.42 Å². The molecule has 0 heterocycles. The Morgan fingerprint density at radius 1 is 0.769 bits per heavy atom. The van der Waals surface area contributed by atoms with Gasteiger partial charge in [-0.05, 0) is 31.1 Å². The minimum absolute atomic E-state index is 0.135. The highest BCUT2D eigenvalue weighted by Crippen LogP contribution is 2.60. The Labute approximate surface area is 80.0 Å². The molecule has 2 heteroatoms. The molecule has 0 bridgehead atoms. The van der Waals surface area contributed by atoms with Crippen molar-refractivity contribution < 1.29 is 10.2 Å². The lowest BCUT2D eigenvalue weighted by atomic mass is 9.65. The van der Waals surface area contributed by atoms with Gasteiger partial charge in [0, 0.05) is 5.41 Å². The first kappa shape index (κ1) is 9.47. The summed E-state index contributed by atoms with van der Waals surface area (Å²) in [4.78, 5) is 0. The van der Waals surface area contributed by atoms with E-state index in [2.05, 4.69) is 0 Å². The van der Waals surface area contributed by atoms with Crippen LogP contribution in [0.15, 0.2) is 0 Å². The molecule has 2 nitrogen and oxygen atoms in total. The maximum atomic E-state index is 9.48. The molecule has 2 N–H and O–H groups in total. The van der Waals surface area contributed by atoms with E-state index in [1.54, 1.807) is 0 Å². The SMILES string of the molecule is OCC1(CO)CCCC12CCCC2. The molecule has 2 fully saturated rings. The molecule has 0 amide bonds. The van der Waals surface area contributed by atoms with Crippen molar-refractivity contribution in [2.75, 3.05) is 13.2 Å². The van der Waals surface area contributed by atoms with Crippen LogP contribution in [0.25, 0.3) is 0 Å². The van der Waals surface area contributed by atoms with Crippen molar-refractivity contribution in [3.63, 3.8) is 0 Å². The van der Waals surface area contributed by atoms with E-state index in [1.807, 2.05) is 0 Å². The van der Waals surface area contributed by atoms with Gasteiger partial charge in [-0.3, -0.25) is 0 Å². The van der Waals surface area contributed by atoms with Crippen LogP contribution in [0.5, 0.6) is 0 Å². The number of aliphatic hydroxyl groups is 2. The molecule has 1 spiro atoms. The first-order valence-corrected chi connectivity index (χ1v) is 5.50. The molecule has 0 saturated heterocycles. The molecule has 0 aromatic rings. The number of aliphatic hydroxyl groups excluding tert-OH is 2. The van der Waals surface area contributed by atoms with Crippen molar-refractivity contribution in [1.29, 1.82) is 0 Å². The van der Waals surface area contributed by atoms with Crippen LogP contribution in [0.4, 0.5) is 0 Å². The fourth-order valence-electron chi connectivity index (χ4n) is 3.67. The smallest absolute Gasteiger partial charge is 0.0514 e. The van der Waals surface area contributed by atoms with Crippen LogP contribution in [-0.2, 0) is 0 Å². The summed E-state index contributed by atoms with van der Waals surface area (Å²) in [5.41, 5.74) is 0.167. The lowest BCUT2D eigenvalue weighted by Gasteiger charge is -2.41. The van der Waals surface area contributed by atoms with Crippen LogP contribution in [0, 0.1) is 10.8 Å². The zero-order valence-electron chi connectivity index (χ0n) is 8.26. The third-order valence-electron chi connectivity index (χ3n) is 4.60. The van der Waals surface area contributed by atoms with Gasteiger partial charge in [-0.2, -0.15) is 0 Å². The fourth-order valence-corrected chi connectivity index (χ4v) is 3.67. The second-order valence-corrected chi connectivity index (χ2v) is 4.94. The van der Waals surface area contributed by atoms with Gasteiger partial charge in [-0.25, -0.2) is 0 Å². The number of hydrogen-bond donors (Lipinski definition) is 2. The van der Waals surface area contributed by atoms with E-state index < -0.39 is 0 Å². The summed E-state index contributed by atoms with van der Waals surface area (Å²) in [5.74, 6) is 0. The quantitative estimate of drug-likeness (QED) is 0.685. The Morgan fingerprint density at radius 2 is 1.31 bits per heavy atom. The van der Waals surface area contributed by atoms with Gasteiger partial charge in [0.25, 0.3) is 0 Å². The molecular formula is C11H20O2. The lowest BCUT2D eigenvalue weighted by Crippen LogP contribution is -2.41. The monoisotopic (exact) mass is 184 g/mol. The predicted molar refractivity (Wildman–Crippen MR) is 51.4 cm³/mol. The molecule has 2 saturated carbocycles. The summed E-state index contributed by atoms with van der Waals surface area (Å²) in [6, 6.07) is 0. The molecule has 0 unspecified atom stereocenters. The molecule has 0 aromatic carbocycles.